The van der Waals surface area contributed by atoms with Crippen molar-refractivity contribution in [3.63, 3.8) is 0 Å². The number of nitrogens with one attached hydrogen (secondary N) is 2. The maximum Gasteiger partial charge on any atom is 0.266 e. The monoisotopic (exact) mass is 370 g/mol. The Labute approximate surface area is 147 Å². The van der Waals surface area contributed by atoms with Crippen molar-refractivity contribution in [3.8, 4) is 0 Å². The van der Waals surface area contributed by atoms with E-state index in [1.54, 1.807) is 12.1 Å². The van der Waals surface area contributed by atoms with Crippen molar-refractivity contribution in [2.24, 2.45) is 5.73 Å². The van der Waals surface area contributed by atoms with Crippen molar-refractivity contribution in [2.75, 3.05) is 18.4 Å². The van der Waals surface area contributed by atoms with E-state index in [0.29, 0.717) is 19.8 Å². The van der Waals surface area contributed by atoms with Crippen LogP contribution in [0.2, 0.25) is 4.34 Å². The maximum absolute atomic E-state index is 12.3. The van der Waals surface area contributed by atoms with Gasteiger partial charge >= 0.3 is 0 Å². The third kappa shape index (κ3) is 3.28. The summed E-state index contributed by atoms with van der Waals surface area (Å²) in [7, 11) is 0. The number of carbonyl (C=O) groups excluding carboxylic acids is 2. The molecule has 5 nitrogen and oxygen atoms in total. The quantitative estimate of drug-likeness (QED) is 0.767. The van der Waals surface area contributed by atoms with Crippen molar-refractivity contribution in [2.45, 2.75) is 19.9 Å². The van der Waals surface area contributed by atoms with Gasteiger partial charge in [-0.15, -0.1) is 22.7 Å². The molecule has 0 bridgehead atoms. The second-order valence-electron chi connectivity index (χ2n) is 5.41. The number of likely N-dealkylation sites (N-methyl/N-ethyl adjacent to an activating group) is 1. The first kappa shape index (κ1) is 16.4. The Hall–Kier alpha value is -1.41. The lowest BCUT2D eigenvalue weighted by atomic mass is 10.0. The SMILES string of the molecule is CC[NH+]1CCc2c(sc(NC(=O)c3ccc(Cl)s3)c2C(N)=O)C1. The Morgan fingerprint density at radius 1 is 1.39 bits per heavy atom. The zero-order chi connectivity index (χ0) is 16.6. The summed E-state index contributed by atoms with van der Waals surface area (Å²) in [5, 5.41) is 3.38. The smallest absolute Gasteiger partial charge is 0.266 e. The number of halogens is 1. The molecule has 0 aliphatic carbocycles. The maximum atomic E-state index is 12.3. The van der Waals surface area contributed by atoms with E-state index in [9.17, 15) is 9.59 Å². The van der Waals surface area contributed by atoms with Crippen molar-refractivity contribution in [1.82, 2.24) is 0 Å². The minimum absolute atomic E-state index is 0.261. The van der Waals surface area contributed by atoms with Crippen LogP contribution in [-0.4, -0.2) is 24.9 Å². The Balaban J connectivity index is 1.91. The van der Waals surface area contributed by atoms with E-state index in [0.717, 1.165) is 36.5 Å². The second-order valence-corrected chi connectivity index (χ2v) is 8.23. The summed E-state index contributed by atoms with van der Waals surface area (Å²) < 4.78 is 0.554. The molecule has 0 radical (unpaired) electrons. The van der Waals surface area contributed by atoms with Gasteiger partial charge in [-0.3, -0.25) is 9.59 Å². The highest BCUT2D eigenvalue weighted by molar-refractivity contribution is 7.18. The summed E-state index contributed by atoms with van der Waals surface area (Å²) in [6, 6.07) is 3.35. The molecule has 0 spiro atoms. The van der Waals surface area contributed by atoms with Gasteiger partial charge in [0.15, 0.2) is 0 Å². The second kappa shape index (κ2) is 6.60. The lowest BCUT2D eigenvalue weighted by Crippen LogP contribution is -3.11. The highest BCUT2D eigenvalue weighted by Gasteiger charge is 2.29. The molecule has 0 fully saturated rings. The van der Waals surface area contributed by atoms with Gasteiger partial charge in [0.2, 0.25) is 0 Å². The Morgan fingerprint density at radius 3 is 2.78 bits per heavy atom. The third-order valence-corrected chi connectivity index (χ3v) is 6.38. The topological polar surface area (TPSA) is 76.6 Å². The van der Waals surface area contributed by atoms with E-state index >= 15 is 0 Å². The summed E-state index contributed by atoms with van der Waals surface area (Å²) in [5.41, 5.74) is 7.03. The molecule has 2 aromatic heterocycles. The molecular weight excluding hydrogens is 354 g/mol. The third-order valence-electron chi connectivity index (χ3n) is 4.00. The van der Waals surface area contributed by atoms with Crippen LogP contribution >= 0.6 is 34.3 Å². The van der Waals surface area contributed by atoms with Gasteiger partial charge in [-0.25, -0.2) is 0 Å². The zero-order valence-corrected chi connectivity index (χ0v) is 15.0. The fourth-order valence-electron chi connectivity index (χ4n) is 2.79. The minimum Gasteiger partial charge on any atom is -0.365 e. The number of hydrogen-bond acceptors (Lipinski definition) is 4. The van der Waals surface area contributed by atoms with Crippen LogP contribution in [0.25, 0.3) is 0 Å². The van der Waals surface area contributed by atoms with Gasteiger partial charge in [0.05, 0.1) is 32.7 Å². The fraction of sp³-hybridized carbons (Fsp3) is 0.333. The molecule has 3 heterocycles. The van der Waals surface area contributed by atoms with Crippen molar-refractivity contribution in [1.29, 1.82) is 0 Å². The van der Waals surface area contributed by atoms with E-state index in [2.05, 4.69) is 12.2 Å². The summed E-state index contributed by atoms with van der Waals surface area (Å²) in [5.74, 6) is -0.746. The number of primary amides is 1. The molecule has 0 aromatic carbocycles. The first-order valence-corrected chi connectivity index (χ1v) is 9.35. The van der Waals surface area contributed by atoms with Gasteiger partial charge in [-0.1, -0.05) is 11.6 Å². The number of anilines is 1. The molecule has 2 aromatic rings. The molecule has 2 amide bonds. The van der Waals surface area contributed by atoms with Crippen LogP contribution < -0.4 is 16.0 Å². The predicted molar refractivity (Wildman–Crippen MR) is 93.9 cm³/mol. The highest BCUT2D eigenvalue weighted by Crippen LogP contribution is 2.35. The molecule has 0 saturated heterocycles. The molecule has 1 aliphatic heterocycles. The normalized spacial score (nSPS) is 16.9. The van der Waals surface area contributed by atoms with E-state index in [1.807, 2.05) is 0 Å². The first-order chi connectivity index (χ1) is 11.0. The van der Waals surface area contributed by atoms with Crippen LogP contribution in [0, 0.1) is 0 Å². The summed E-state index contributed by atoms with van der Waals surface area (Å²) >= 11 is 8.53. The number of thiophene rings is 2. The number of rotatable bonds is 4. The number of amides is 2. The number of quaternary nitrogens is 1. The number of hydrogen-bond donors (Lipinski definition) is 3. The molecule has 0 saturated carbocycles. The van der Waals surface area contributed by atoms with Gasteiger partial charge < -0.3 is 16.0 Å². The molecule has 1 aliphatic rings. The average molecular weight is 371 g/mol. The van der Waals surface area contributed by atoms with Gasteiger partial charge in [0, 0.05) is 6.42 Å². The van der Waals surface area contributed by atoms with E-state index in [-0.39, 0.29) is 5.91 Å². The van der Waals surface area contributed by atoms with Crippen LogP contribution in [0.1, 0.15) is 37.4 Å². The predicted octanol–water partition coefficient (Wildman–Crippen LogP) is 1.78. The lowest BCUT2D eigenvalue weighted by Gasteiger charge is -2.22. The lowest BCUT2D eigenvalue weighted by molar-refractivity contribution is -0.913. The highest BCUT2D eigenvalue weighted by atomic mass is 35.5. The Kier molecular flexibility index (Phi) is 4.72. The van der Waals surface area contributed by atoms with Gasteiger partial charge in [-0.05, 0) is 24.6 Å². The van der Waals surface area contributed by atoms with Crippen molar-refractivity contribution in [3.05, 3.63) is 37.4 Å². The van der Waals surface area contributed by atoms with Crippen LogP contribution in [0.4, 0.5) is 5.00 Å². The molecule has 4 N–H and O–H groups in total. The average Bonchev–Trinajstić information content (AvgIpc) is 3.09. The van der Waals surface area contributed by atoms with Crippen molar-refractivity contribution < 1.29 is 14.5 Å². The van der Waals surface area contributed by atoms with Crippen molar-refractivity contribution >= 4 is 51.1 Å². The Bertz CT molecular complexity index is 769. The minimum atomic E-state index is -0.484. The zero-order valence-electron chi connectivity index (χ0n) is 12.6. The molecule has 3 rings (SSSR count). The standard InChI is InChI=1S/C15H16ClN3O2S2/c1-2-19-6-5-8-10(7-19)23-15(12(8)13(17)20)18-14(21)9-3-4-11(16)22-9/h3-4H,2,5-7H2,1H3,(H2,17,20)(H,18,21)/p+1. The molecular formula is C15H17ClN3O2S2+. The molecule has 23 heavy (non-hydrogen) atoms. The van der Waals surface area contributed by atoms with Crippen LogP contribution in [0.15, 0.2) is 12.1 Å². The van der Waals surface area contributed by atoms with Crippen LogP contribution in [0.5, 0.6) is 0 Å². The molecule has 8 heteroatoms. The summed E-state index contributed by atoms with van der Waals surface area (Å²) in [6.45, 7) is 5.04. The van der Waals surface area contributed by atoms with E-state index in [1.165, 1.54) is 27.6 Å². The molecule has 1 atom stereocenters. The van der Waals surface area contributed by atoms with Gasteiger partial charge in [0.1, 0.15) is 11.5 Å². The van der Waals surface area contributed by atoms with Gasteiger partial charge in [0.25, 0.3) is 11.8 Å². The Morgan fingerprint density at radius 2 is 2.17 bits per heavy atom. The summed E-state index contributed by atoms with van der Waals surface area (Å²) in [6.07, 6.45) is 0.813. The fourth-order valence-corrected chi connectivity index (χ4v) is 5.05. The van der Waals surface area contributed by atoms with E-state index < -0.39 is 5.91 Å². The van der Waals surface area contributed by atoms with Gasteiger partial charge in [-0.2, -0.15) is 0 Å². The largest absolute Gasteiger partial charge is 0.365 e. The number of nitrogens with two attached hydrogens (primary N) is 1. The summed E-state index contributed by atoms with van der Waals surface area (Å²) in [4.78, 5) is 27.3. The number of fused-ring (bicyclic) bond motifs is 1. The van der Waals surface area contributed by atoms with Crippen LogP contribution in [-0.2, 0) is 13.0 Å². The molecule has 122 valence electrons. The molecule has 1 unspecified atom stereocenters. The number of carbonyl (C=O) groups is 2. The first-order valence-electron chi connectivity index (χ1n) is 7.34. The van der Waals surface area contributed by atoms with E-state index in [4.69, 9.17) is 17.3 Å². The van der Waals surface area contributed by atoms with Crippen LogP contribution in [0.3, 0.4) is 0 Å².